The standard InChI is InChI=1S/C19H26N6O2/c1-3-23(4-2)18(26)15-22-10-12-24(13-11-22)19(27)17-14-20-25(21-17)16-8-6-5-7-9-16/h5-9,14H,3-4,10-13,15H2,1-2H3. The SMILES string of the molecule is CCN(CC)C(=O)CN1CCN(C(=O)c2cnn(-c3ccccc3)n2)CC1. The molecule has 0 unspecified atom stereocenters. The zero-order valence-corrected chi connectivity index (χ0v) is 15.9. The molecule has 2 amide bonds. The van der Waals surface area contributed by atoms with Crippen LogP contribution in [0.3, 0.4) is 0 Å². The van der Waals surface area contributed by atoms with Gasteiger partial charge in [0.05, 0.1) is 18.4 Å². The van der Waals surface area contributed by atoms with E-state index < -0.39 is 0 Å². The van der Waals surface area contributed by atoms with Crippen LogP contribution in [0.1, 0.15) is 24.3 Å². The minimum absolute atomic E-state index is 0.119. The molecule has 0 aliphatic carbocycles. The summed E-state index contributed by atoms with van der Waals surface area (Å²) in [6.45, 7) is 8.38. The molecule has 1 fully saturated rings. The van der Waals surface area contributed by atoms with Gasteiger partial charge in [-0.1, -0.05) is 18.2 Å². The predicted octanol–water partition coefficient (Wildman–Crippen LogP) is 0.894. The minimum atomic E-state index is -0.119. The van der Waals surface area contributed by atoms with Gasteiger partial charge in [0.15, 0.2) is 5.69 Å². The van der Waals surface area contributed by atoms with E-state index in [0.29, 0.717) is 38.4 Å². The number of carbonyl (C=O) groups excluding carboxylic acids is 2. The molecule has 0 atom stereocenters. The second-order valence-corrected chi connectivity index (χ2v) is 6.49. The first-order valence-corrected chi connectivity index (χ1v) is 9.39. The van der Waals surface area contributed by atoms with Crippen LogP contribution in [0, 0.1) is 0 Å². The molecule has 1 aliphatic heterocycles. The van der Waals surface area contributed by atoms with E-state index >= 15 is 0 Å². The molecule has 1 aliphatic rings. The zero-order chi connectivity index (χ0) is 19.2. The molecular weight excluding hydrogens is 344 g/mol. The van der Waals surface area contributed by atoms with Crippen LogP contribution in [-0.2, 0) is 4.79 Å². The molecule has 0 saturated carbocycles. The van der Waals surface area contributed by atoms with Crippen LogP contribution < -0.4 is 0 Å². The van der Waals surface area contributed by atoms with E-state index in [9.17, 15) is 9.59 Å². The smallest absolute Gasteiger partial charge is 0.276 e. The quantitative estimate of drug-likeness (QED) is 0.755. The van der Waals surface area contributed by atoms with Crippen LogP contribution in [0.5, 0.6) is 0 Å². The number of likely N-dealkylation sites (N-methyl/N-ethyl adjacent to an activating group) is 1. The number of benzene rings is 1. The number of aromatic nitrogens is 3. The third kappa shape index (κ3) is 4.51. The number of piperazine rings is 1. The largest absolute Gasteiger partial charge is 0.342 e. The van der Waals surface area contributed by atoms with E-state index in [1.165, 1.54) is 11.0 Å². The van der Waals surface area contributed by atoms with E-state index in [2.05, 4.69) is 15.1 Å². The summed E-state index contributed by atoms with van der Waals surface area (Å²) < 4.78 is 0. The van der Waals surface area contributed by atoms with Gasteiger partial charge in [0.2, 0.25) is 5.91 Å². The average molecular weight is 370 g/mol. The molecule has 8 nitrogen and oxygen atoms in total. The lowest BCUT2D eigenvalue weighted by molar-refractivity contribution is -0.132. The van der Waals surface area contributed by atoms with Crippen molar-refractivity contribution in [1.82, 2.24) is 29.7 Å². The highest BCUT2D eigenvalue weighted by Crippen LogP contribution is 2.09. The van der Waals surface area contributed by atoms with Crippen molar-refractivity contribution in [1.29, 1.82) is 0 Å². The number of rotatable bonds is 6. The summed E-state index contributed by atoms with van der Waals surface area (Å²) in [5.74, 6) is 0.0254. The van der Waals surface area contributed by atoms with Crippen LogP contribution in [-0.4, -0.2) is 87.3 Å². The van der Waals surface area contributed by atoms with Crippen molar-refractivity contribution in [2.45, 2.75) is 13.8 Å². The highest BCUT2D eigenvalue weighted by Gasteiger charge is 2.25. The molecular formula is C19H26N6O2. The molecule has 144 valence electrons. The van der Waals surface area contributed by atoms with Crippen molar-refractivity contribution >= 4 is 11.8 Å². The van der Waals surface area contributed by atoms with E-state index in [-0.39, 0.29) is 11.8 Å². The summed E-state index contributed by atoms with van der Waals surface area (Å²) in [6, 6.07) is 9.50. The molecule has 0 spiro atoms. The third-order valence-corrected chi connectivity index (χ3v) is 4.83. The molecule has 27 heavy (non-hydrogen) atoms. The van der Waals surface area contributed by atoms with E-state index in [0.717, 1.165) is 18.8 Å². The lowest BCUT2D eigenvalue weighted by atomic mass is 10.2. The van der Waals surface area contributed by atoms with Gasteiger partial charge in [-0.15, -0.1) is 5.10 Å². The van der Waals surface area contributed by atoms with Gasteiger partial charge in [0.1, 0.15) is 0 Å². The Labute approximate surface area is 159 Å². The first-order valence-electron chi connectivity index (χ1n) is 9.39. The van der Waals surface area contributed by atoms with Gasteiger partial charge in [-0.25, -0.2) is 0 Å². The fourth-order valence-corrected chi connectivity index (χ4v) is 3.19. The van der Waals surface area contributed by atoms with Crippen LogP contribution >= 0.6 is 0 Å². The Bertz CT molecular complexity index is 764. The summed E-state index contributed by atoms with van der Waals surface area (Å²) >= 11 is 0. The van der Waals surface area contributed by atoms with Crippen LogP contribution in [0.2, 0.25) is 0 Å². The van der Waals surface area contributed by atoms with Crippen molar-refractivity contribution in [2.24, 2.45) is 0 Å². The summed E-state index contributed by atoms with van der Waals surface area (Å²) in [6.07, 6.45) is 1.51. The van der Waals surface area contributed by atoms with Crippen LogP contribution in [0.4, 0.5) is 0 Å². The highest BCUT2D eigenvalue weighted by atomic mass is 16.2. The van der Waals surface area contributed by atoms with Gasteiger partial charge in [-0.3, -0.25) is 14.5 Å². The Morgan fingerprint density at radius 2 is 1.70 bits per heavy atom. The molecule has 3 rings (SSSR count). The lowest BCUT2D eigenvalue weighted by Crippen LogP contribution is -2.51. The molecule has 1 saturated heterocycles. The molecule has 2 aromatic rings. The van der Waals surface area contributed by atoms with Crippen molar-refractivity contribution in [3.05, 3.63) is 42.2 Å². The average Bonchev–Trinajstić information content (AvgIpc) is 3.20. The molecule has 2 heterocycles. The van der Waals surface area contributed by atoms with Gasteiger partial charge in [-0.2, -0.15) is 9.90 Å². The van der Waals surface area contributed by atoms with Crippen LogP contribution in [0.25, 0.3) is 5.69 Å². The van der Waals surface area contributed by atoms with Gasteiger partial charge in [0, 0.05) is 39.3 Å². The minimum Gasteiger partial charge on any atom is -0.342 e. The summed E-state index contributed by atoms with van der Waals surface area (Å²) in [4.78, 5) is 32.1. The summed E-state index contributed by atoms with van der Waals surface area (Å²) in [7, 11) is 0. The molecule has 0 bridgehead atoms. The van der Waals surface area contributed by atoms with Gasteiger partial charge >= 0.3 is 0 Å². The number of carbonyl (C=O) groups is 2. The molecule has 8 heteroatoms. The van der Waals surface area contributed by atoms with E-state index in [1.54, 1.807) is 4.90 Å². The number of hydrogen-bond acceptors (Lipinski definition) is 5. The Hall–Kier alpha value is -2.74. The van der Waals surface area contributed by atoms with Gasteiger partial charge in [-0.05, 0) is 26.0 Å². The number of nitrogens with zero attached hydrogens (tertiary/aromatic N) is 6. The van der Waals surface area contributed by atoms with Crippen molar-refractivity contribution in [3.8, 4) is 5.69 Å². The monoisotopic (exact) mass is 370 g/mol. The van der Waals surface area contributed by atoms with E-state index in [1.807, 2.05) is 49.1 Å². The Morgan fingerprint density at radius 1 is 1.04 bits per heavy atom. The molecule has 0 N–H and O–H groups in total. The Balaban J connectivity index is 1.55. The topological polar surface area (TPSA) is 74.6 Å². The Kier molecular flexibility index (Phi) is 6.18. The molecule has 0 radical (unpaired) electrons. The number of para-hydroxylation sites is 1. The maximum Gasteiger partial charge on any atom is 0.276 e. The molecule has 1 aromatic heterocycles. The maximum atomic E-state index is 12.7. The van der Waals surface area contributed by atoms with Crippen molar-refractivity contribution < 1.29 is 9.59 Å². The third-order valence-electron chi connectivity index (χ3n) is 4.83. The van der Waals surface area contributed by atoms with Crippen LogP contribution in [0.15, 0.2) is 36.5 Å². The van der Waals surface area contributed by atoms with Crippen molar-refractivity contribution in [3.63, 3.8) is 0 Å². The fraction of sp³-hybridized carbons (Fsp3) is 0.474. The number of hydrogen-bond donors (Lipinski definition) is 0. The lowest BCUT2D eigenvalue weighted by Gasteiger charge is -2.34. The second kappa shape index (κ2) is 8.77. The van der Waals surface area contributed by atoms with Gasteiger partial charge in [0.25, 0.3) is 5.91 Å². The predicted molar refractivity (Wildman–Crippen MR) is 102 cm³/mol. The summed E-state index contributed by atoms with van der Waals surface area (Å²) in [5.41, 5.74) is 1.16. The fourth-order valence-electron chi connectivity index (χ4n) is 3.19. The first-order chi connectivity index (χ1) is 13.1. The highest BCUT2D eigenvalue weighted by molar-refractivity contribution is 5.92. The number of amides is 2. The maximum absolute atomic E-state index is 12.7. The molecule has 1 aromatic carbocycles. The zero-order valence-electron chi connectivity index (χ0n) is 15.9. The summed E-state index contributed by atoms with van der Waals surface area (Å²) in [5, 5.41) is 8.50. The second-order valence-electron chi connectivity index (χ2n) is 6.49. The van der Waals surface area contributed by atoms with E-state index in [4.69, 9.17) is 0 Å². The first kappa shape index (κ1) is 19.0. The van der Waals surface area contributed by atoms with Gasteiger partial charge < -0.3 is 9.80 Å². The Morgan fingerprint density at radius 3 is 2.33 bits per heavy atom. The normalized spacial score (nSPS) is 15.0. The van der Waals surface area contributed by atoms with Crippen molar-refractivity contribution in [2.75, 3.05) is 45.8 Å².